The fourth-order valence-corrected chi connectivity index (χ4v) is 2.24. The fraction of sp³-hybridized carbons (Fsp3) is 0.143. The molecule has 0 aliphatic heterocycles. The maximum atomic E-state index is 12.3. The zero-order valence-electron chi connectivity index (χ0n) is 14.6. The third-order valence-corrected chi connectivity index (χ3v) is 3.56. The summed E-state index contributed by atoms with van der Waals surface area (Å²) in [4.78, 5) is 23.0. The molecule has 0 saturated heterocycles. The minimum absolute atomic E-state index is 0.0792. The molecule has 2 aromatic carbocycles. The summed E-state index contributed by atoms with van der Waals surface area (Å²) in [6.45, 7) is 3.92. The number of esters is 1. The number of hydrogen-bond acceptors (Lipinski definition) is 4. The summed E-state index contributed by atoms with van der Waals surface area (Å²) >= 11 is 0. The minimum Gasteiger partial charge on any atom is -0.507 e. The Bertz CT molecular complexity index is 874. The van der Waals surface area contributed by atoms with Gasteiger partial charge in [0.2, 0.25) is 0 Å². The molecule has 0 aliphatic carbocycles. The van der Waals surface area contributed by atoms with Gasteiger partial charge in [-0.3, -0.25) is 0 Å². The van der Waals surface area contributed by atoms with Crippen LogP contribution in [-0.4, -0.2) is 22.2 Å². The quantitative estimate of drug-likeness (QED) is 0.352. The summed E-state index contributed by atoms with van der Waals surface area (Å²) < 4.78 is 5.46. The van der Waals surface area contributed by atoms with Gasteiger partial charge in [-0.15, -0.1) is 0 Å². The molecule has 0 aliphatic rings. The summed E-state index contributed by atoms with van der Waals surface area (Å²) in [5.41, 5.74) is 2.61. The maximum absolute atomic E-state index is 12.3. The van der Waals surface area contributed by atoms with Gasteiger partial charge in [-0.25, -0.2) is 9.59 Å². The van der Waals surface area contributed by atoms with Crippen molar-refractivity contribution in [2.45, 2.75) is 20.3 Å². The van der Waals surface area contributed by atoms with Crippen molar-refractivity contribution in [3.8, 4) is 11.5 Å². The number of carboxylic acids is 1. The van der Waals surface area contributed by atoms with Crippen molar-refractivity contribution in [1.82, 2.24) is 0 Å². The fourth-order valence-electron chi connectivity index (χ4n) is 2.24. The number of phenolic OH excluding ortho intramolecular Hbond substituents is 1. The number of allylic oxidation sites excluding steroid dienone is 2. The number of phenols is 1. The summed E-state index contributed by atoms with van der Waals surface area (Å²) in [7, 11) is 0. The molecule has 134 valence electrons. The largest absolute Gasteiger partial charge is 0.507 e. The highest BCUT2D eigenvalue weighted by molar-refractivity contribution is 5.94. The molecule has 2 N–H and O–H groups in total. The smallest absolute Gasteiger partial charge is 0.347 e. The van der Waals surface area contributed by atoms with Gasteiger partial charge < -0.3 is 14.9 Å². The van der Waals surface area contributed by atoms with E-state index in [-0.39, 0.29) is 11.3 Å². The molecule has 5 nitrogen and oxygen atoms in total. The Kier molecular flexibility index (Phi) is 6.33. The van der Waals surface area contributed by atoms with Crippen molar-refractivity contribution in [3.63, 3.8) is 0 Å². The van der Waals surface area contributed by atoms with Crippen LogP contribution in [0.4, 0.5) is 0 Å². The average molecular weight is 352 g/mol. The normalized spacial score (nSPS) is 10.5. The molecule has 0 bridgehead atoms. The monoisotopic (exact) mass is 352 g/mol. The van der Waals surface area contributed by atoms with E-state index < -0.39 is 11.9 Å². The van der Waals surface area contributed by atoms with E-state index in [0.29, 0.717) is 17.7 Å². The molecule has 5 heteroatoms. The number of carbonyl (C=O) groups excluding carboxylic acids is 1. The molecule has 0 saturated carbocycles. The second-order valence-electron chi connectivity index (χ2n) is 5.93. The van der Waals surface area contributed by atoms with Crippen LogP contribution in [0, 0.1) is 0 Å². The number of benzene rings is 2. The highest BCUT2D eigenvalue weighted by Crippen LogP contribution is 2.25. The van der Waals surface area contributed by atoms with Crippen LogP contribution in [-0.2, 0) is 11.2 Å². The van der Waals surface area contributed by atoms with Crippen LogP contribution >= 0.6 is 0 Å². The molecule has 26 heavy (non-hydrogen) atoms. The second-order valence-corrected chi connectivity index (χ2v) is 5.93. The van der Waals surface area contributed by atoms with E-state index in [9.17, 15) is 14.7 Å². The van der Waals surface area contributed by atoms with E-state index >= 15 is 0 Å². The Labute approximate surface area is 151 Å². The van der Waals surface area contributed by atoms with Gasteiger partial charge in [0.05, 0.1) is 0 Å². The highest BCUT2D eigenvalue weighted by atomic mass is 16.5. The Morgan fingerprint density at radius 2 is 1.85 bits per heavy atom. The summed E-state index contributed by atoms with van der Waals surface area (Å²) in [6.07, 6.45) is 5.04. The SMILES string of the molecule is CC(C)=CCc1cc(C=CC(=O)O)ccc1OC(=O)c1ccccc1O. The lowest BCUT2D eigenvalue weighted by Crippen LogP contribution is -2.10. The van der Waals surface area contributed by atoms with Gasteiger partial charge in [-0.05, 0) is 61.7 Å². The topological polar surface area (TPSA) is 83.8 Å². The number of rotatable bonds is 6. The number of carboxylic acid groups (broad SMARTS) is 1. The number of aromatic hydroxyl groups is 1. The zero-order chi connectivity index (χ0) is 19.1. The van der Waals surface area contributed by atoms with Crippen LogP contribution in [0.2, 0.25) is 0 Å². The third kappa shape index (κ3) is 5.34. The van der Waals surface area contributed by atoms with E-state index in [0.717, 1.165) is 17.2 Å². The van der Waals surface area contributed by atoms with Crippen LogP contribution < -0.4 is 4.74 Å². The third-order valence-electron chi connectivity index (χ3n) is 3.56. The van der Waals surface area contributed by atoms with Crippen molar-refractivity contribution in [3.05, 3.63) is 76.9 Å². The van der Waals surface area contributed by atoms with Crippen LogP contribution in [0.3, 0.4) is 0 Å². The molecule has 0 spiro atoms. The highest BCUT2D eigenvalue weighted by Gasteiger charge is 2.15. The maximum Gasteiger partial charge on any atom is 0.347 e. The first-order valence-corrected chi connectivity index (χ1v) is 8.04. The Morgan fingerprint density at radius 1 is 1.12 bits per heavy atom. The van der Waals surface area contributed by atoms with Gasteiger partial charge in [-0.2, -0.15) is 0 Å². The van der Waals surface area contributed by atoms with Gasteiger partial charge in [-0.1, -0.05) is 29.8 Å². The average Bonchev–Trinajstić information content (AvgIpc) is 2.59. The summed E-state index contributed by atoms with van der Waals surface area (Å²) in [6, 6.07) is 11.2. The molecule has 0 unspecified atom stereocenters. The van der Waals surface area contributed by atoms with Crippen LogP contribution in [0.5, 0.6) is 11.5 Å². The number of ether oxygens (including phenoxy) is 1. The summed E-state index contributed by atoms with van der Waals surface area (Å²) in [5.74, 6) is -1.48. The van der Waals surface area contributed by atoms with Gasteiger partial charge in [0.25, 0.3) is 0 Å². The predicted octanol–water partition coefficient (Wildman–Crippen LogP) is 4.22. The first-order chi connectivity index (χ1) is 12.4. The molecule has 0 radical (unpaired) electrons. The first kappa shape index (κ1) is 19.0. The van der Waals surface area contributed by atoms with E-state index in [1.165, 1.54) is 18.2 Å². The molecule has 0 fully saturated rings. The van der Waals surface area contributed by atoms with E-state index in [1.54, 1.807) is 30.3 Å². The van der Waals surface area contributed by atoms with Crippen LogP contribution in [0.1, 0.15) is 35.3 Å². The van der Waals surface area contributed by atoms with E-state index in [1.807, 2.05) is 19.9 Å². The molecule has 0 amide bonds. The van der Waals surface area contributed by atoms with Gasteiger partial charge >= 0.3 is 11.9 Å². The molecule has 0 heterocycles. The molecule has 0 aromatic heterocycles. The molecule has 2 aromatic rings. The Balaban J connectivity index is 2.33. The van der Waals surface area contributed by atoms with Crippen molar-refractivity contribution >= 4 is 18.0 Å². The molecule has 2 rings (SSSR count). The Morgan fingerprint density at radius 3 is 2.50 bits per heavy atom. The molecule has 0 atom stereocenters. The molecular formula is C21H20O5. The van der Waals surface area contributed by atoms with E-state index in [2.05, 4.69) is 0 Å². The second kappa shape index (κ2) is 8.67. The van der Waals surface area contributed by atoms with Crippen molar-refractivity contribution in [2.24, 2.45) is 0 Å². The van der Waals surface area contributed by atoms with Gasteiger partial charge in [0.15, 0.2) is 0 Å². The summed E-state index contributed by atoms with van der Waals surface area (Å²) in [5, 5.41) is 18.6. The predicted molar refractivity (Wildman–Crippen MR) is 99.3 cm³/mol. The van der Waals surface area contributed by atoms with Crippen molar-refractivity contribution in [2.75, 3.05) is 0 Å². The lowest BCUT2D eigenvalue weighted by molar-refractivity contribution is -0.131. The number of aliphatic carboxylic acids is 1. The Hall–Kier alpha value is -3.34. The standard InChI is InChI=1S/C21H20O5/c1-14(2)7-10-16-13-15(9-12-20(23)24)8-11-19(16)26-21(25)17-5-3-4-6-18(17)22/h3-9,11-13,22H,10H2,1-2H3,(H,23,24). The van der Waals surface area contributed by atoms with Gasteiger partial charge in [0.1, 0.15) is 17.1 Å². The van der Waals surface area contributed by atoms with E-state index in [4.69, 9.17) is 9.84 Å². The number of para-hydroxylation sites is 1. The van der Waals surface area contributed by atoms with Crippen LogP contribution in [0.15, 0.2) is 60.2 Å². The van der Waals surface area contributed by atoms with Crippen LogP contribution in [0.25, 0.3) is 6.08 Å². The number of carbonyl (C=O) groups is 2. The lowest BCUT2D eigenvalue weighted by atomic mass is 10.0. The van der Waals surface area contributed by atoms with Crippen molar-refractivity contribution < 1.29 is 24.5 Å². The van der Waals surface area contributed by atoms with Crippen molar-refractivity contribution in [1.29, 1.82) is 0 Å². The van der Waals surface area contributed by atoms with Gasteiger partial charge in [0, 0.05) is 6.08 Å². The minimum atomic E-state index is -1.04. The lowest BCUT2D eigenvalue weighted by Gasteiger charge is -2.11. The molecular weight excluding hydrogens is 332 g/mol. The number of hydrogen-bond donors (Lipinski definition) is 2. The first-order valence-electron chi connectivity index (χ1n) is 8.04. The zero-order valence-corrected chi connectivity index (χ0v) is 14.6.